The van der Waals surface area contributed by atoms with Crippen LogP contribution in [0.3, 0.4) is 0 Å². The van der Waals surface area contributed by atoms with Crippen molar-refractivity contribution in [2.24, 2.45) is 0 Å². The summed E-state index contributed by atoms with van der Waals surface area (Å²) in [4.78, 5) is 26.8. The van der Waals surface area contributed by atoms with Gasteiger partial charge < -0.3 is 10.2 Å². The van der Waals surface area contributed by atoms with Crippen molar-refractivity contribution in [1.82, 2.24) is 14.5 Å². The monoisotopic (exact) mass is 465 g/mol. The third-order valence-corrected chi connectivity index (χ3v) is 7.12. The van der Waals surface area contributed by atoms with E-state index in [4.69, 9.17) is 11.6 Å². The second kappa shape index (κ2) is 11.3. The lowest BCUT2D eigenvalue weighted by atomic mass is 10.1. The molecule has 0 aliphatic carbocycles. The molecule has 0 saturated carbocycles. The van der Waals surface area contributed by atoms with Crippen LogP contribution in [0.15, 0.2) is 59.5 Å². The largest absolute Gasteiger partial charge is 0.357 e. The molecule has 2 amide bonds. The van der Waals surface area contributed by atoms with Crippen LogP contribution in [0.4, 0.5) is 0 Å². The van der Waals surface area contributed by atoms with Crippen LogP contribution in [-0.2, 0) is 26.2 Å². The molecule has 0 bridgehead atoms. The van der Waals surface area contributed by atoms with Crippen molar-refractivity contribution in [2.45, 2.75) is 37.2 Å². The molecule has 0 fully saturated rings. The molecule has 7 nitrogen and oxygen atoms in total. The average molecular weight is 466 g/mol. The van der Waals surface area contributed by atoms with Crippen LogP contribution in [0.2, 0.25) is 5.02 Å². The third-order valence-electron chi connectivity index (χ3n) is 4.99. The van der Waals surface area contributed by atoms with E-state index in [2.05, 4.69) is 5.32 Å². The Hall–Kier alpha value is -2.42. The first-order chi connectivity index (χ1) is 14.7. The first-order valence-electron chi connectivity index (χ1n) is 9.93. The number of likely N-dealkylation sites (N-methyl/N-ethyl adjacent to an activating group) is 1. The van der Waals surface area contributed by atoms with Gasteiger partial charge in [-0.15, -0.1) is 0 Å². The molecule has 0 radical (unpaired) electrons. The van der Waals surface area contributed by atoms with Crippen molar-refractivity contribution in [3.05, 3.63) is 65.2 Å². The van der Waals surface area contributed by atoms with E-state index in [1.807, 2.05) is 0 Å². The highest BCUT2D eigenvalue weighted by atomic mass is 35.5. The fraction of sp³-hybridized carbons (Fsp3) is 0.364. The zero-order valence-electron chi connectivity index (χ0n) is 17.9. The molecule has 31 heavy (non-hydrogen) atoms. The van der Waals surface area contributed by atoms with Crippen molar-refractivity contribution in [1.29, 1.82) is 0 Å². The van der Waals surface area contributed by atoms with Crippen molar-refractivity contribution in [3.8, 4) is 0 Å². The summed E-state index contributed by atoms with van der Waals surface area (Å²) >= 11 is 5.93. The lowest BCUT2D eigenvalue weighted by Gasteiger charge is -2.28. The zero-order valence-corrected chi connectivity index (χ0v) is 19.5. The quantitative estimate of drug-likeness (QED) is 0.584. The SMILES string of the molecule is CNC(=O)C(C)N(Cc1ccc(Cl)cc1)C(=O)CCCN(C)S(=O)(=O)c1ccccc1. The number of rotatable bonds is 10. The van der Waals surface area contributed by atoms with Gasteiger partial charge >= 0.3 is 0 Å². The van der Waals surface area contributed by atoms with Crippen molar-refractivity contribution in [3.63, 3.8) is 0 Å². The van der Waals surface area contributed by atoms with Gasteiger partial charge in [0.25, 0.3) is 0 Å². The number of halogens is 1. The summed E-state index contributed by atoms with van der Waals surface area (Å²) in [5.74, 6) is -0.498. The molecule has 0 aromatic heterocycles. The number of sulfonamides is 1. The van der Waals surface area contributed by atoms with Gasteiger partial charge in [-0.25, -0.2) is 12.7 Å². The van der Waals surface area contributed by atoms with Crippen molar-refractivity contribution >= 4 is 33.4 Å². The molecule has 0 aliphatic heterocycles. The van der Waals surface area contributed by atoms with Gasteiger partial charge in [-0.2, -0.15) is 0 Å². The highest BCUT2D eigenvalue weighted by Gasteiger charge is 2.26. The molecule has 2 aromatic rings. The minimum absolute atomic E-state index is 0.115. The van der Waals surface area contributed by atoms with Crippen LogP contribution in [0, 0.1) is 0 Å². The topological polar surface area (TPSA) is 86.8 Å². The van der Waals surface area contributed by atoms with E-state index in [0.29, 0.717) is 11.4 Å². The van der Waals surface area contributed by atoms with Gasteiger partial charge in [-0.05, 0) is 43.2 Å². The van der Waals surface area contributed by atoms with Gasteiger partial charge in [-0.3, -0.25) is 9.59 Å². The molecule has 9 heteroatoms. The number of hydrogen-bond donors (Lipinski definition) is 1. The molecule has 0 heterocycles. The van der Waals surface area contributed by atoms with E-state index >= 15 is 0 Å². The Kier molecular flexibility index (Phi) is 9.03. The van der Waals surface area contributed by atoms with E-state index in [1.54, 1.807) is 49.4 Å². The summed E-state index contributed by atoms with van der Waals surface area (Å²) < 4.78 is 26.5. The van der Waals surface area contributed by atoms with Gasteiger partial charge in [0, 0.05) is 38.6 Å². The fourth-order valence-corrected chi connectivity index (χ4v) is 4.42. The number of nitrogens with one attached hydrogen (secondary N) is 1. The molecule has 1 atom stereocenters. The number of benzene rings is 2. The summed E-state index contributed by atoms with van der Waals surface area (Å²) in [6, 6.07) is 14.6. The Balaban J connectivity index is 2.03. The lowest BCUT2D eigenvalue weighted by Crippen LogP contribution is -2.46. The van der Waals surface area contributed by atoms with Crippen LogP contribution in [-0.4, -0.2) is 56.1 Å². The molecule has 0 aliphatic rings. The first-order valence-corrected chi connectivity index (χ1v) is 11.8. The van der Waals surface area contributed by atoms with E-state index < -0.39 is 16.1 Å². The van der Waals surface area contributed by atoms with Crippen LogP contribution in [0.1, 0.15) is 25.3 Å². The van der Waals surface area contributed by atoms with Crippen molar-refractivity contribution < 1.29 is 18.0 Å². The third kappa shape index (κ3) is 6.78. The maximum Gasteiger partial charge on any atom is 0.242 e. The highest BCUT2D eigenvalue weighted by Crippen LogP contribution is 2.17. The Morgan fingerprint density at radius 3 is 2.26 bits per heavy atom. The summed E-state index contributed by atoms with van der Waals surface area (Å²) in [6.45, 7) is 2.10. The minimum atomic E-state index is -3.61. The Labute approximate surface area is 189 Å². The molecule has 0 saturated heterocycles. The minimum Gasteiger partial charge on any atom is -0.357 e. The predicted octanol–water partition coefficient (Wildman–Crippen LogP) is 2.90. The van der Waals surface area contributed by atoms with Crippen LogP contribution in [0.5, 0.6) is 0 Å². The maximum atomic E-state index is 12.9. The number of carbonyl (C=O) groups is 2. The smallest absolute Gasteiger partial charge is 0.242 e. The van der Waals surface area contributed by atoms with Crippen LogP contribution < -0.4 is 5.32 Å². The Morgan fingerprint density at radius 2 is 1.68 bits per heavy atom. The zero-order chi connectivity index (χ0) is 23.0. The number of nitrogens with zero attached hydrogens (tertiary/aromatic N) is 2. The first kappa shape index (κ1) is 24.8. The molecule has 1 N–H and O–H groups in total. The van der Waals surface area contributed by atoms with E-state index in [9.17, 15) is 18.0 Å². The molecule has 2 rings (SSSR count). The van der Waals surface area contributed by atoms with Crippen molar-refractivity contribution in [2.75, 3.05) is 20.6 Å². The number of hydrogen-bond acceptors (Lipinski definition) is 4. The maximum absolute atomic E-state index is 12.9. The molecular weight excluding hydrogens is 438 g/mol. The second-order valence-electron chi connectivity index (χ2n) is 7.18. The summed E-state index contributed by atoms with van der Waals surface area (Å²) in [5, 5.41) is 3.15. The fourth-order valence-electron chi connectivity index (χ4n) is 3.07. The molecular formula is C22H28ClN3O4S. The Bertz CT molecular complexity index is 982. The van der Waals surface area contributed by atoms with Gasteiger partial charge in [0.1, 0.15) is 6.04 Å². The Morgan fingerprint density at radius 1 is 1.06 bits per heavy atom. The summed E-state index contributed by atoms with van der Waals surface area (Å²) in [5.41, 5.74) is 0.845. The number of carbonyl (C=O) groups excluding carboxylic acids is 2. The number of amides is 2. The van der Waals surface area contributed by atoms with Crippen LogP contribution in [0.25, 0.3) is 0 Å². The summed E-state index contributed by atoms with van der Waals surface area (Å²) in [6.07, 6.45) is 0.447. The molecule has 0 spiro atoms. The standard InChI is InChI=1S/C22H28ClN3O4S/c1-17(22(28)24-2)26(16-18-11-13-19(23)14-12-18)21(27)10-7-15-25(3)31(29,30)20-8-5-4-6-9-20/h4-6,8-9,11-14,17H,7,10,15-16H2,1-3H3,(H,24,28). The van der Waals surface area contributed by atoms with Gasteiger partial charge in [0.15, 0.2) is 0 Å². The lowest BCUT2D eigenvalue weighted by molar-refractivity contribution is -0.140. The van der Waals surface area contributed by atoms with Gasteiger partial charge in [-0.1, -0.05) is 41.9 Å². The van der Waals surface area contributed by atoms with E-state index in [-0.39, 0.29) is 36.2 Å². The van der Waals surface area contributed by atoms with Gasteiger partial charge in [0.2, 0.25) is 21.8 Å². The average Bonchev–Trinajstić information content (AvgIpc) is 2.77. The second-order valence-corrected chi connectivity index (χ2v) is 9.66. The van der Waals surface area contributed by atoms with Gasteiger partial charge in [0.05, 0.1) is 4.90 Å². The normalized spacial score (nSPS) is 12.4. The predicted molar refractivity (Wildman–Crippen MR) is 121 cm³/mol. The summed E-state index contributed by atoms with van der Waals surface area (Å²) in [7, 11) is -0.599. The van der Waals surface area contributed by atoms with E-state index in [1.165, 1.54) is 35.4 Å². The molecule has 1 unspecified atom stereocenters. The highest BCUT2D eigenvalue weighted by molar-refractivity contribution is 7.89. The molecule has 2 aromatic carbocycles. The van der Waals surface area contributed by atoms with Crippen LogP contribution >= 0.6 is 11.6 Å². The molecule has 168 valence electrons. The van der Waals surface area contributed by atoms with E-state index in [0.717, 1.165) is 5.56 Å².